The van der Waals surface area contributed by atoms with Crippen molar-refractivity contribution in [3.63, 3.8) is 0 Å². The fraction of sp³-hybridized carbons (Fsp3) is 0.682. The number of Topliss-reactive ketones (excluding diaryl/α,β-unsaturated/α-hetero) is 1. The summed E-state index contributed by atoms with van der Waals surface area (Å²) in [6.07, 6.45) is 1.32. The van der Waals surface area contributed by atoms with Gasteiger partial charge in [0.15, 0.2) is 5.78 Å². The van der Waals surface area contributed by atoms with Crippen LogP contribution in [0.5, 0.6) is 0 Å². The van der Waals surface area contributed by atoms with Gasteiger partial charge in [0.25, 0.3) is 5.56 Å². The molecule has 0 radical (unpaired) electrons. The van der Waals surface area contributed by atoms with E-state index in [2.05, 4.69) is 18.8 Å². The molecule has 0 amide bonds. The van der Waals surface area contributed by atoms with Gasteiger partial charge in [-0.25, -0.2) is 4.79 Å². The third-order valence-corrected chi connectivity index (χ3v) is 5.91. The van der Waals surface area contributed by atoms with Crippen LogP contribution in [0.1, 0.15) is 80.8 Å². The highest BCUT2D eigenvalue weighted by Crippen LogP contribution is 2.45. The van der Waals surface area contributed by atoms with E-state index in [1.165, 1.54) is 6.07 Å². The lowest BCUT2D eigenvalue weighted by molar-refractivity contribution is -0.180. The number of nitrogens with one attached hydrogen (secondary N) is 1. The van der Waals surface area contributed by atoms with Crippen molar-refractivity contribution in [2.45, 2.75) is 73.0 Å². The molecule has 6 heteroatoms. The summed E-state index contributed by atoms with van der Waals surface area (Å²) >= 11 is 0. The Labute approximate surface area is 166 Å². The Morgan fingerprint density at radius 2 is 1.86 bits per heavy atom. The fourth-order valence-corrected chi connectivity index (χ4v) is 4.01. The van der Waals surface area contributed by atoms with Crippen molar-refractivity contribution in [2.24, 2.45) is 16.7 Å². The van der Waals surface area contributed by atoms with Crippen LogP contribution < -0.4 is 5.56 Å². The molecule has 1 saturated carbocycles. The Kier molecular flexibility index (Phi) is 5.30. The summed E-state index contributed by atoms with van der Waals surface area (Å²) in [4.78, 5) is 40.3. The van der Waals surface area contributed by atoms with E-state index in [-0.39, 0.29) is 34.4 Å². The highest BCUT2D eigenvalue weighted by atomic mass is 16.6. The Morgan fingerprint density at radius 1 is 1.18 bits per heavy atom. The SMILES string of the molecule is CC(C)CO[C@H]1C[C@H](OC(=O)c2cc3c([nH]c2=O)CC(C)(C)CC3=O)C1(C)C. The number of carbonyl (C=O) groups is 2. The Bertz CT molecular complexity index is 849. The van der Waals surface area contributed by atoms with E-state index in [9.17, 15) is 14.4 Å². The molecule has 0 aromatic carbocycles. The van der Waals surface area contributed by atoms with Gasteiger partial charge in [-0.1, -0.05) is 41.5 Å². The van der Waals surface area contributed by atoms with Crippen molar-refractivity contribution in [2.75, 3.05) is 6.61 Å². The number of fused-ring (bicyclic) bond motifs is 1. The zero-order valence-electron chi connectivity index (χ0n) is 17.7. The molecule has 28 heavy (non-hydrogen) atoms. The van der Waals surface area contributed by atoms with E-state index in [4.69, 9.17) is 9.47 Å². The van der Waals surface area contributed by atoms with Crippen LogP contribution in [0.25, 0.3) is 0 Å². The van der Waals surface area contributed by atoms with Crippen LogP contribution in [0.3, 0.4) is 0 Å². The normalized spacial score (nSPS) is 25.2. The lowest BCUT2D eigenvalue weighted by Crippen LogP contribution is -2.56. The van der Waals surface area contributed by atoms with E-state index < -0.39 is 11.5 Å². The lowest BCUT2D eigenvalue weighted by atomic mass is 9.66. The quantitative estimate of drug-likeness (QED) is 0.779. The van der Waals surface area contributed by atoms with Gasteiger partial charge in [-0.2, -0.15) is 0 Å². The summed E-state index contributed by atoms with van der Waals surface area (Å²) in [5.41, 5.74) is -0.0829. The first kappa shape index (κ1) is 20.8. The van der Waals surface area contributed by atoms with Crippen LogP contribution in [0.15, 0.2) is 10.9 Å². The second-order valence-corrected chi connectivity index (χ2v) is 10.0. The second-order valence-electron chi connectivity index (χ2n) is 10.0. The number of hydrogen-bond acceptors (Lipinski definition) is 5. The summed E-state index contributed by atoms with van der Waals surface area (Å²) < 4.78 is 11.5. The predicted molar refractivity (Wildman–Crippen MR) is 106 cm³/mol. The van der Waals surface area contributed by atoms with Crippen LogP contribution >= 0.6 is 0 Å². The average Bonchev–Trinajstić information content (AvgIpc) is 2.55. The molecular formula is C22H31NO5. The van der Waals surface area contributed by atoms with E-state index >= 15 is 0 Å². The van der Waals surface area contributed by atoms with Gasteiger partial charge in [-0.15, -0.1) is 0 Å². The van der Waals surface area contributed by atoms with Crippen molar-refractivity contribution >= 4 is 11.8 Å². The third kappa shape index (κ3) is 3.93. The van der Waals surface area contributed by atoms with Crippen molar-refractivity contribution < 1.29 is 19.1 Å². The summed E-state index contributed by atoms with van der Waals surface area (Å²) in [5, 5.41) is 0. The zero-order chi connectivity index (χ0) is 20.9. The molecular weight excluding hydrogens is 358 g/mol. The van der Waals surface area contributed by atoms with E-state index in [1.807, 2.05) is 27.7 Å². The standard InChI is InChI=1S/C22H31NO5/c1-12(2)11-27-17-8-18(22(17,5)6)28-20(26)14-7-13-15(23-19(14)25)9-21(3,4)10-16(13)24/h7,12,17-18H,8-11H2,1-6H3,(H,23,25)/t17-,18-/m0/s1. The number of carbonyl (C=O) groups excluding carboxylic acids is 2. The topological polar surface area (TPSA) is 85.5 Å². The van der Waals surface area contributed by atoms with Gasteiger partial charge in [0, 0.05) is 36.1 Å². The van der Waals surface area contributed by atoms with Crippen LogP contribution in [0.4, 0.5) is 0 Å². The number of ether oxygens (including phenoxy) is 2. The average molecular weight is 389 g/mol. The van der Waals surface area contributed by atoms with Gasteiger partial charge < -0.3 is 14.5 Å². The number of aromatic nitrogens is 1. The Balaban J connectivity index is 1.73. The molecule has 1 N–H and O–H groups in total. The number of H-pyrrole nitrogens is 1. The molecule has 1 aromatic rings. The Hall–Kier alpha value is -1.95. The monoisotopic (exact) mass is 389 g/mol. The molecule has 6 nitrogen and oxygen atoms in total. The van der Waals surface area contributed by atoms with Crippen LogP contribution in [0.2, 0.25) is 0 Å². The largest absolute Gasteiger partial charge is 0.458 e. The fourth-order valence-electron chi connectivity index (χ4n) is 4.01. The molecule has 2 aliphatic carbocycles. The van der Waals surface area contributed by atoms with E-state index in [0.29, 0.717) is 43.0 Å². The summed E-state index contributed by atoms with van der Waals surface area (Å²) in [6.45, 7) is 12.8. The van der Waals surface area contributed by atoms with Crippen LogP contribution in [-0.2, 0) is 15.9 Å². The molecule has 0 spiro atoms. The van der Waals surface area contributed by atoms with Gasteiger partial charge in [0.2, 0.25) is 0 Å². The minimum atomic E-state index is -0.679. The molecule has 2 aliphatic rings. The van der Waals surface area contributed by atoms with Crippen molar-refractivity contribution in [1.29, 1.82) is 0 Å². The molecule has 1 aromatic heterocycles. The number of hydrogen-bond donors (Lipinski definition) is 1. The van der Waals surface area contributed by atoms with E-state index in [0.717, 1.165) is 0 Å². The number of esters is 1. The predicted octanol–water partition coefficient (Wildman–Crippen LogP) is 3.53. The molecule has 0 aliphatic heterocycles. The first-order valence-electron chi connectivity index (χ1n) is 10.0. The number of pyridine rings is 1. The molecule has 1 fully saturated rings. The molecule has 0 saturated heterocycles. The van der Waals surface area contributed by atoms with Gasteiger partial charge in [0.1, 0.15) is 11.7 Å². The summed E-state index contributed by atoms with van der Waals surface area (Å²) in [6, 6.07) is 1.41. The van der Waals surface area contributed by atoms with Gasteiger partial charge in [-0.3, -0.25) is 9.59 Å². The van der Waals surface area contributed by atoms with Gasteiger partial charge >= 0.3 is 5.97 Å². The molecule has 2 atom stereocenters. The maximum atomic E-state index is 12.7. The minimum absolute atomic E-state index is 0.0262. The molecule has 3 rings (SSSR count). The van der Waals surface area contributed by atoms with Gasteiger partial charge in [-0.05, 0) is 23.8 Å². The molecule has 0 unspecified atom stereocenters. The smallest absolute Gasteiger partial charge is 0.344 e. The molecule has 1 heterocycles. The number of aromatic amines is 1. The highest BCUT2D eigenvalue weighted by molar-refractivity contribution is 6.01. The molecule has 154 valence electrons. The third-order valence-electron chi connectivity index (χ3n) is 5.91. The van der Waals surface area contributed by atoms with Crippen molar-refractivity contribution in [3.8, 4) is 0 Å². The van der Waals surface area contributed by atoms with Crippen LogP contribution in [-0.4, -0.2) is 35.6 Å². The first-order valence-corrected chi connectivity index (χ1v) is 10.0. The lowest BCUT2D eigenvalue weighted by Gasteiger charge is -2.50. The van der Waals surface area contributed by atoms with Crippen molar-refractivity contribution in [3.05, 3.63) is 33.2 Å². The maximum absolute atomic E-state index is 12.7. The second kappa shape index (κ2) is 7.14. The molecule has 0 bridgehead atoms. The summed E-state index contributed by atoms with van der Waals surface area (Å²) in [5.74, 6) is -0.293. The minimum Gasteiger partial charge on any atom is -0.458 e. The highest BCUT2D eigenvalue weighted by Gasteiger charge is 2.51. The number of ketones is 1. The van der Waals surface area contributed by atoms with Gasteiger partial charge in [0.05, 0.1) is 6.10 Å². The zero-order valence-corrected chi connectivity index (χ0v) is 17.7. The van der Waals surface area contributed by atoms with E-state index in [1.54, 1.807) is 0 Å². The maximum Gasteiger partial charge on any atom is 0.344 e. The summed E-state index contributed by atoms with van der Waals surface area (Å²) in [7, 11) is 0. The Morgan fingerprint density at radius 3 is 2.46 bits per heavy atom. The van der Waals surface area contributed by atoms with Crippen LogP contribution in [0, 0.1) is 16.7 Å². The first-order chi connectivity index (χ1) is 12.9. The van der Waals surface area contributed by atoms with Crippen molar-refractivity contribution in [1.82, 2.24) is 4.98 Å². The number of rotatable bonds is 5.